The van der Waals surface area contributed by atoms with Crippen LogP contribution in [0.3, 0.4) is 0 Å². The highest BCUT2D eigenvalue weighted by Gasteiger charge is 2.18. The van der Waals surface area contributed by atoms with Gasteiger partial charge >= 0.3 is 0 Å². The summed E-state index contributed by atoms with van der Waals surface area (Å²) in [7, 11) is 0. The van der Waals surface area contributed by atoms with Crippen LogP contribution in [0.15, 0.2) is 36.4 Å². The molecule has 1 unspecified atom stereocenters. The lowest BCUT2D eigenvalue weighted by atomic mass is 10.0. The number of halogens is 2. The summed E-state index contributed by atoms with van der Waals surface area (Å²) in [4.78, 5) is 0. The summed E-state index contributed by atoms with van der Waals surface area (Å²) in [5.41, 5.74) is 7.22. The van der Waals surface area contributed by atoms with Gasteiger partial charge in [0.2, 0.25) is 0 Å². The van der Waals surface area contributed by atoms with E-state index in [4.69, 9.17) is 15.2 Å². The second kappa shape index (κ2) is 7.06. The minimum absolute atomic E-state index is 0.0879. The molecule has 0 amide bonds. The van der Waals surface area contributed by atoms with Crippen LogP contribution in [0.25, 0.3) is 11.1 Å². The third-order valence-electron chi connectivity index (χ3n) is 4.02. The molecule has 23 heavy (non-hydrogen) atoms. The Bertz CT molecular complexity index is 685. The summed E-state index contributed by atoms with van der Waals surface area (Å²) in [6.45, 7) is 2.04. The van der Waals surface area contributed by atoms with Gasteiger partial charge in [0.1, 0.15) is 17.4 Å². The van der Waals surface area contributed by atoms with E-state index in [1.807, 2.05) is 0 Å². The molecule has 1 heterocycles. The zero-order valence-electron chi connectivity index (χ0n) is 12.7. The van der Waals surface area contributed by atoms with E-state index in [1.54, 1.807) is 18.2 Å². The number of hydrogen-bond donors (Lipinski definition) is 1. The van der Waals surface area contributed by atoms with Gasteiger partial charge in [-0.3, -0.25) is 0 Å². The standard InChI is InChI=1S/C18H19F2NO2/c19-15-2-4-18(23-11-12-5-6-22-10-12)16(8-15)13-1-3-17(20)14(7-13)9-21/h1-4,7-8,12H,5-6,9-11,21H2. The average molecular weight is 319 g/mol. The van der Waals surface area contributed by atoms with Crippen LogP contribution in [0.5, 0.6) is 5.75 Å². The summed E-state index contributed by atoms with van der Waals surface area (Å²) >= 11 is 0. The molecule has 0 bridgehead atoms. The summed E-state index contributed by atoms with van der Waals surface area (Å²) < 4.78 is 38.5. The Morgan fingerprint density at radius 2 is 2.04 bits per heavy atom. The molecule has 2 N–H and O–H groups in total. The topological polar surface area (TPSA) is 44.5 Å². The van der Waals surface area contributed by atoms with Gasteiger partial charge in [0, 0.05) is 30.2 Å². The third kappa shape index (κ3) is 3.68. The minimum Gasteiger partial charge on any atom is -0.493 e. The Balaban J connectivity index is 1.89. The van der Waals surface area contributed by atoms with Crippen molar-refractivity contribution in [1.29, 1.82) is 0 Å². The molecule has 1 atom stereocenters. The van der Waals surface area contributed by atoms with Gasteiger partial charge in [-0.05, 0) is 42.3 Å². The van der Waals surface area contributed by atoms with Gasteiger partial charge in [-0.1, -0.05) is 6.07 Å². The lowest BCUT2D eigenvalue weighted by molar-refractivity contribution is 0.167. The fourth-order valence-corrected chi connectivity index (χ4v) is 2.67. The lowest BCUT2D eigenvalue weighted by Crippen LogP contribution is -2.12. The maximum atomic E-state index is 13.7. The normalized spacial score (nSPS) is 17.4. The van der Waals surface area contributed by atoms with E-state index >= 15 is 0 Å². The Hall–Kier alpha value is -1.98. The SMILES string of the molecule is NCc1cc(-c2cc(F)ccc2OCC2CCOC2)ccc1F. The van der Waals surface area contributed by atoms with Gasteiger partial charge < -0.3 is 15.2 Å². The molecular formula is C18H19F2NO2. The third-order valence-corrected chi connectivity index (χ3v) is 4.02. The van der Waals surface area contributed by atoms with Crippen LogP contribution in [-0.4, -0.2) is 19.8 Å². The minimum atomic E-state index is -0.366. The predicted molar refractivity (Wildman–Crippen MR) is 84.1 cm³/mol. The lowest BCUT2D eigenvalue weighted by Gasteiger charge is -2.15. The molecule has 1 fully saturated rings. The molecule has 0 spiro atoms. The van der Waals surface area contributed by atoms with Crippen molar-refractivity contribution in [3.05, 3.63) is 53.6 Å². The van der Waals surface area contributed by atoms with Crippen LogP contribution in [0.2, 0.25) is 0 Å². The summed E-state index contributed by atoms with van der Waals surface area (Å²) in [5, 5.41) is 0. The van der Waals surface area contributed by atoms with Crippen LogP contribution >= 0.6 is 0 Å². The van der Waals surface area contributed by atoms with Crippen LogP contribution < -0.4 is 10.5 Å². The van der Waals surface area contributed by atoms with Crippen molar-refractivity contribution in [3.63, 3.8) is 0 Å². The van der Waals surface area contributed by atoms with Gasteiger partial charge in [-0.2, -0.15) is 0 Å². The predicted octanol–water partition coefficient (Wildman–Crippen LogP) is 3.51. The first-order valence-electron chi connectivity index (χ1n) is 7.66. The van der Waals surface area contributed by atoms with Crippen LogP contribution in [0, 0.1) is 17.6 Å². The van der Waals surface area contributed by atoms with Crippen molar-refractivity contribution in [2.45, 2.75) is 13.0 Å². The maximum absolute atomic E-state index is 13.7. The Kier molecular flexibility index (Phi) is 4.88. The molecule has 0 aliphatic carbocycles. The van der Waals surface area contributed by atoms with Crippen molar-refractivity contribution in [3.8, 4) is 16.9 Å². The number of hydrogen-bond acceptors (Lipinski definition) is 3. The first kappa shape index (κ1) is 15.9. The highest BCUT2D eigenvalue weighted by molar-refractivity contribution is 5.71. The molecular weight excluding hydrogens is 300 g/mol. The smallest absolute Gasteiger partial charge is 0.127 e. The van der Waals surface area contributed by atoms with Gasteiger partial charge in [0.05, 0.1) is 13.2 Å². The summed E-state index contributed by atoms with van der Waals surface area (Å²) in [5.74, 6) is 0.196. The zero-order valence-corrected chi connectivity index (χ0v) is 12.7. The molecule has 1 saturated heterocycles. The monoisotopic (exact) mass is 319 g/mol. The molecule has 0 radical (unpaired) electrons. The molecule has 122 valence electrons. The van der Waals surface area contributed by atoms with E-state index in [9.17, 15) is 8.78 Å². The van der Waals surface area contributed by atoms with Crippen molar-refractivity contribution < 1.29 is 18.3 Å². The van der Waals surface area contributed by atoms with Crippen molar-refractivity contribution in [1.82, 2.24) is 0 Å². The van der Waals surface area contributed by atoms with E-state index in [1.165, 1.54) is 18.2 Å². The second-order valence-electron chi connectivity index (χ2n) is 5.69. The Morgan fingerprint density at radius 3 is 2.78 bits per heavy atom. The Morgan fingerprint density at radius 1 is 1.17 bits per heavy atom. The average Bonchev–Trinajstić information content (AvgIpc) is 3.07. The van der Waals surface area contributed by atoms with Crippen molar-refractivity contribution in [2.75, 3.05) is 19.8 Å². The highest BCUT2D eigenvalue weighted by atomic mass is 19.1. The largest absolute Gasteiger partial charge is 0.493 e. The number of rotatable bonds is 5. The van der Waals surface area contributed by atoms with Crippen LogP contribution in [0.4, 0.5) is 8.78 Å². The first-order valence-corrected chi connectivity index (χ1v) is 7.66. The van der Waals surface area contributed by atoms with E-state index in [-0.39, 0.29) is 18.2 Å². The van der Waals surface area contributed by atoms with Gasteiger partial charge in [0.15, 0.2) is 0 Å². The van der Waals surface area contributed by atoms with Crippen molar-refractivity contribution >= 4 is 0 Å². The molecule has 2 aromatic carbocycles. The van der Waals surface area contributed by atoms with E-state index < -0.39 is 0 Å². The van der Waals surface area contributed by atoms with Gasteiger partial charge in [0.25, 0.3) is 0 Å². The van der Waals surface area contributed by atoms with Crippen LogP contribution in [0.1, 0.15) is 12.0 Å². The maximum Gasteiger partial charge on any atom is 0.127 e. The molecule has 0 aromatic heterocycles. The molecule has 1 aliphatic heterocycles. The second-order valence-corrected chi connectivity index (χ2v) is 5.69. The van der Waals surface area contributed by atoms with Crippen molar-refractivity contribution in [2.24, 2.45) is 11.7 Å². The molecule has 1 aliphatic rings. The molecule has 0 saturated carbocycles. The zero-order chi connectivity index (χ0) is 16.2. The summed E-state index contributed by atoms with van der Waals surface area (Å²) in [6.07, 6.45) is 0.963. The Labute approximate surface area is 134 Å². The van der Waals surface area contributed by atoms with Crippen LogP contribution in [-0.2, 0) is 11.3 Å². The fourth-order valence-electron chi connectivity index (χ4n) is 2.67. The number of benzene rings is 2. The van der Waals surface area contributed by atoms with Gasteiger partial charge in [-0.25, -0.2) is 8.78 Å². The van der Waals surface area contributed by atoms with E-state index in [0.717, 1.165) is 13.0 Å². The fraction of sp³-hybridized carbons (Fsp3) is 0.333. The molecule has 2 aromatic rings. The summed E-state index contributed by atoms with van der Waals surface area (Å²) in [6, 6.07) is 8.94. The highest BCUT2D eigenvalue weighted by Crippen LogP contribution is 2.32. The van der Waals surface area contributed by atoms with Gasteiger partial charge in [-0.15, -0.1) is 0 Å². The molecule has 5 heteroatoms. The van der Waals surface area contributed by atoms with E-state index in [0.29, 0.717) is 41.6 Å². The molecule has 3 rings (SSSR count). The number of ether oxygens (including phenoxy) is 2. The molecule has 3 nitrogen and oxygen atoms in total. The number of nitrogens with two attached hydrogens (primary N) is 1. The quantitative estimate of drug-likeness (QED) is 0.917. The van der Waals surface area contributed by atoms with E-state index in [2.05, 4.69) is 0 Å². The first-order chi connectivity index (χ1) is 11.2.